The van der Waals surface area contributed by atoms with E-state index in [1.807, 2.05) is 0 Å². The number of anilines is 1. The van der Waals surface area contributed by atoms with Crippen LogP contribution >= 0.6 is 11.3 Å². The summed E-state index contributed by atoms with van der Waals surface area (Å²) in [5, 5.41) is 3.57. The van der Waals surface area contributed by atoms with Crippen molar-refractivity contribution in [3.05, 3.63) is 34.5 Å². The summed E-state index contributed by atoms with van der Waals surface area (Å²) in [6, 6.07) is 3.50. The number of nitrogens with zero attached hydrogens (tertiary/aromatic N) is 2. The average Bonchev–Trinajstić information content (AvgIpc) is 3.31. The van der Waals surface area contributed by atoms with Crippen LogP contribution < -0.4 is 10.1 Å². The molecule has 0 bridgehead atoms. The lowest BCUT2D eigenvalue weighted by molar-refractivity contribution is 0.102. The summed E-state index contributed by atoms with van der Waals surface area (Å²) < 4.78 is 5.58. The van der Waals surface area contributed by atoms with Crippen molar-refractivity contribution in [1.82, 2.24) is 9.97 Å². The Labute approximate surface area is 139 Å². The second-order valence-electron chi connectivity index (χ2n) is 6.19. The number of hydrogen-bond donors (Lipinski definition) is 1. The number of pyridine rings is 1. The van der Waals surface area contributed by atoms with Gasteiger partial charge in [-0.2, -0.15) is 0 Å². The van der Waals surface area contributed by atoms with Gasteiger partial charge in [0.2, 0.25) is 5.88 Å². The molecule has 0 saturated heterocycles. The summed E-state index contributed by atoms with van der Waals surface area (Å²) in [4.78, 5) is 22.3. The number of rotatable bonds is 5. The van der Waals surface area contributed by atoms with Gasteiger partial charge in [-0.05, 0) is 50.5 Å². The maximum Gasteiger partial charge on any atom is 0.259 e. The summed E-state index contributed by atoms with van der Waals surface area (Å²) in [6.07, 6.45) is 8.57. The maximum absolute atomic E-state index is 12.3. The molecular formula is C17H19N3O2S. The molecule has 0 aromatic carbocycles. The van der Waals surface area contributed by atoms with Gasteiger partial charge in [-0.1, -0.05) is 0 Å². The van der Waals surface area contributed by atoms with Crippen LogP contribution in [0.15, 0.2) is 18.3 Å². The number of ether oxygens (including phenoxy) is 1. The molecule has 5 nitrogen and oxygen atoms in total. The highest BCUT2D eigenvalue weighted by Gasteiger charge is 2.22. The minimum Gasteiger partial charge on any atom is -0.477 e. The molecular weight excluding hydrogens is 310 g/mol. The number of thiazole rings is 1. The fraction of sp³-hybridized carbons (Fsp3) is 0.471. The van der Waals surface area contributed by atoms with Crippen LogP contribution in [0.1, 0.15) is 46.6 Å². The molecule has 23 heavy (non-hydrogen) atoms. The standard InChI is InChI=1S/C17H19N3O2S/c21-16(20-17-19-13-3-1-2-4-14(13)23-17)12-7-8-15(18-9-12)22-10-11-5-6-11/h7-9,11H,1-6,10H2,(H,19,20,21). The van der Waals surface area contributed by atoms with Crippen LogP contribution in [0.3, 0.4) is 0 Å². The van der Waals surface area contributed by atoms with Crippen molar-refractivity contribution in [1.29, 1.82) is 0 Å². The van der Waals surface area contributed by atoms with Crippen molar-refractivity contribution >= 4 is 22.4 Å². The number of hydrogen-bond acceptors (Lipinski definition) is 5. The lowest BCUT2D eigenvalue weighted by atomic mass is 10.0. The van der Waals surface area contributed by atoms with Crippen LogP contribution in [-0.4, -0.2) is 22.5 Å². The Morgan fingerprint density at radius 2 is 2.17 bits per heavy atom. The van der Waals surface area contributed by atoms with Crippen molar-refractivity contribution in [2.45, 2.75) is 38.5 Å². The maximum atomic E-state index is 12.3. The van der Waals surface area contributed by atoms with E-state index >= 15 is 0 Å². The number of aromatic nitrogens is 2. The molecule has 4 rings (SSSR count). The molecule has 0 aliphatic heterocycles. The molecule has 0 atom stereocenters. The molecule has 6 heteroatoms. The Kier molecular flexibility index (Phi) is 3.99. The van der Waals surface area contributed by atoms with Crippen LogP contribution in [0.4, 0.5) is 5.13 Å². The topological polar surface area (TPSA) is 64.1 Å². The Hall–Kier alpha value is -1.95. The highest BCUT2D eigenvalue weighted by molar-refractivity contribution is 7.15. The highest BCUT2D eigenvalue weighted by Crippen LogP contribution is 2.30. The SMILES string of the molecule is O=C(Nc1nc2c(s1)CCCC2)c1ccc(OCC2CC2)nc1. The van der Waals surface area contributed by atoms with Crippen molar-refractivity contribution in [3.8, 4) is 5.88 Å². The Bertz CT molecular complexity index is 684. The highest BCUT2D eigenvalue weighted by atomic mass is 32.1. The quantitative estimate of drug-likeness (QED) is 0.912. The molecule has 1 fully saturated rings. The third-order valence-electron chi connectivity index (χ3n) is 4.23. The predicted octanol–water partition coefficient (Wildman–Crippen LogP) is 3.46. The minimum absolute atomic E-state index is 0.169. The van der Waals surface area contributed by atoms with E-state index < -0.39 is 0 Å². The van der Waals surface area contributed by atoms with E-state index in [4.69, 9.17) is 4.74 Å². The number of fused-ring (bicyclic) bond motifs is 1. The Morgan fingerprint density at radius 3 is 2.91 bits per heavy atom. The van der Waals surface area contributed by atoms with Gasteiger partial charge in [0.25, 0.3) is 5.91 Å². The average molecular weight is 329 g/mol. The largest absolute Gasteiger partial charge is 0.477 e. The van der Waals surface area contributed by atoms with Crippen LogP contribution in [0.2, 0.25) is 0 Å². The first kappa shape index (κ1) is 14.6. The summed E-state index contributed by atoms with van der Waals surface area (Å²) in [7, 11) is 0. The van der Waals surface area contributed by atoms with Gasteiger partial charge >= 0.3 is 0 Å². The first-order valence-corrected chi connectivity index (χ1v) is 8.98. The minimum atomic E-state index is -0.169. The number of nitrogens with one attached hydrogen (secondary N) is 1. The van der Waals surface area contributed by atoms with E-state index in [0.29, 0.717) is 22.5 Å². The van der Waals surface area contributed by atoms with Gasteiger partial charge in [-0.3, -0.25) is 10.1 Å². The molecule has 2 aliphatic carbocycles. The smallest absolute Gasteiger partial charge is 0.259 e. The predicted molar refractivity (Wildman–Crippen MR) is 89.2 cm³/mol. The molecule has 0 radical (unpaired) electrons. The zero-order valence-electron chi connectivity index (χ0n) is 12.9. The molecule has 0 spiro atoms. The number of carbonyl (C=O) groups excluding carboxylic acids is 1. The molecule has 1 saturated carbocycles. The molecule has 1 N–H and O–H groups in total. The van der Waals surface area contributed by atoms with Crippen molar-refractivity contribution in [3.63, 3.8) is 0 Å². The van der Waals surface area contributed by atoms with Crippen LogP contribution in [-0.2, 0) is 12.8 Å². The number of carbonyl (C=O) groups is 1. The Morgan fingerprint density at radius 1 is 1.30 bits per heavy atom. The van der Waals surface area contributed by atoms with E-state index in [9.17, 15) is 4.79 Å². The molecule has 2 aromatic rings. The zero-order chi connectivity index (χ0) is 15.6. The first-order chi connectivity index (χ1) is 11.3. The molecule has 0 unspecified atom stereocenters. The number of aryl methyl sites for hydroxylation is 2. The normalized spacial score (nSPS) is 16.7. The van der Waals surface area contributed by atoms with Crippen molar-refractivity contribution < 1.29 is 9.53 Å². The van der Waals surface area contributed by atoms with Crippen LogP contribution in [0.25, 0.3) is 0 Å². The monoisotopic (exact) mass is 329 g/mol. The van der Waals surface area contributed by atoms with E-state index in [0.717, 1.165) is 25.1 Å². The van der Waals surface area contributed by atoms with Crippen molar-refractivity contribution in [2.24, 2.45) is 5.92 Å². The molecule has 2 aromatic heterocycles. The van der Waals surface area contributed by atoms with Gasteiger partial charge in [0.1, 0.15) is 0 Å². The first-order valence-electron chi connectivity index (χ1n) is 8.17. The fourth-order valence-corrected chi connectivity index (χ4v) is 3.71. The lowest BCUT2D eigenvalue weighted by Gasteiger charge is -2.06. The number of amides is 1. The van der Waals surface area contributed by atoms with Crippen LogP contribution in [0, 0.1) is 5.92 Å². The fourth-order valence-electron chi connectivity index (χ4n) is 2.66. The van der Waals surface area contributed by atoms with E-state index in [1.165, 1.54) is 30.6 Å². The second kappa shape index (κ2) is 6.28. The van der Waals surface area contributed by atoms with Gasteiger partial charge in [-0.15, -0.1) is 11.3 Å². The van der Waals surface area contributed by atoms with E-state index in [-0.39, 0.29) is 5.91 Å². The van der Waals surface area contributed by atoms with Crippen LogP contribution in [0.5, 0.6) is 5.88 Å². The third-order valence-corrected chi connectivity index (χ3v) is 5.30. The second-order valence-corrected chi connectivity index (χ2v) is 7.27. The van der Waals surface area contributed by atoms with Crippen molar-refractivity contribution in [2.75, 3.05) is 11.9 Å². The molecule has 1 amide bonds. The molecule has 2 heterocycles. The summed E-state index contributed by atoms with van der Waals surface area (Å²) in [5.74, 6) is 1.10. The van der Waals surface area contributed by atoms with Gasteiger partial charge in [0.05, 0.1) is 17.9 Å². The Balaban J connectivity index is 1.38. The summed E-state index contributed by atoms with van der Waals surface area (Å²) >= 11 is 1.59. The lowest BCUT2D eigenvalue weighted by Crippen LogP contribution is -2.12. The zero-order valence-corrected chi connectivity index (χ0v) is 13.7. The third kappa shape index (κ3) is 3.52. The molecule has 2 aliphatic rings. The van der Waals surface area contributed by atoms with E-state index in [1.54, 1.807) is 29.7 Å². The van der Waals surface area contributed by atoms with Gasteiger partial charge in [0.15, 0.2) is 5.13 Å². The van der Waals surface area contributed by atoms with Gasteiger partial charge in [-0.25, -0.2) is 9.97 Å². The van der Waals surface area contributed by atoms with Gasteiger partial charge < -0.3 is 4.74 Å². The van der Waals surface area contributed by atoms with E-state index in [2.05, 4.69) is 15.3 Å². The van der Waals surface area contributed by atoms with Gasteiger partial charge in [0, 0.05) is 17.1 Å². The molecule has 120 valence electrons. The summed E-state index contributed by atoms with van der Waals surface area (Å²) in [5.41, 5.74) is 1.68. The summed E-state index contributed by atoms with van der Waals surface area (Å²) in [6.45, 7) is 0.725.